The molecule has 1 aromatic heterocycles. The number of ketones is 1. The minimum Gasteiger partial charge on any atom is -0.368 e. The molecular formula is C18H23N5O2. The first kappa shape index (κ1) is 17.0. The van der Waals surface area contributed by atoms with E-state index in [2.05, 4.69) is 15.3 Å². The summed E-state index contributed by atoms with van der Waals surface area (Å²) in [4.78, 5) is 27.6. The normalized spacial score (nSPS) is 14.4. The second kappa shape index (κ2) is 7.83. The van der Waals surface area contributed by atoms with Gasteiger partial charge in [0.2, 0.25) is 0 Å². The van der Waals surface area contributed by atoms with Crippen molar-refractivity contribution in [1.82, 2.24) is 20.0 Å². The molecule has 1 N–H and O–H groups in total. The molecule has 1 aromatic carbocycles. The van der Waals surface area contributed by atoms with E-state index in [9.17, 15) is 9.59 Å². The molecule has 0 aliphatic carbocycles. The van der Waals surface area contributed by atoms with E-state index in [1.165, 1.54) is 0 Å². The van der Waals surface area contributed by atoms with Gasteiger partial charge in [0.25, 0.3) is 0 Å². The van der Waals surface area contributed by atoms with Crippen molar-refractivity contribution < 1.29 is 9.59 Å². The molecule has 1 saturated heterocycles. The Morgan fingerprint density at radius 3 is 2.44 bits per heavy atom. The van der Waals surface area contributed by atoms with Gasteiger partial charge < -0.3 is 15.1 Å². The van der Waals surface area contributed by atoms with Crippen LogP contribution in [0.1, 0.15) is 17.3 Å². The zero-order valence-electron chi connectivity index (χ0n) is 14.4. The number of urea groups is 1. The van der Waals surface area contributed by atoms with Crippen LogP contribution < -0.4 is 10.2 Å². The van der Waals surface area contributed by atoms with Crippen LogP contribution >= 0.6 is 0 Å². The number of amides is 2. The number of nitrogens with one attached hydrogen (secondary N) is 1. The fraction of sp³-hybridized carbons (Fsp3) is 0.389. The number of aromatic nitrogens is 2. The third kappa shape index (κ3) is 4.37. The standard InChI is InChI=1S/C18H23N5O2/c1-15(24)16-3-5-17(6-4-16)21-11-13-22(14-12-21)18(25)19-8-10-23-9-2-7-20-23/h2-7,9H,8,10-14H2,1H3,(H,19,25). The lowest BCUT2D eigenvalue weighted by molar-refractivity contribution is 0.101. The second-order valence-electron chi connectivity index (χ2n) is 6.08. The van der Waals surface area contributed by atoms with Crippen LogP contribution in [0.2, 0.25) is 0 Å². The van der Waals surface area contributed by atoms with Gasteiger partial charge in [-0.1, -0.05) is 0 Å². The van der Waals surface area contributed by atoms with Gasteiger partial charge in [-0.05, 0) is 37.3 Å². The lowest BCUT2D eigenvalue weighted by Crippen LogP contribution is -2.52. The lowest BCUT2D eigenvalue weighted by atomic mass is 10.1. The van der Waals surface area contributed by atoms with Crippen LogP contribution in [0.15, 0.2) is 42.7 Å². The number of nitrogens with zero attached hydrogens (tertiary/aromatic N) is 4. The van der Waals surface area contributed by atoms with Gasteiger partial charge in [-0.2, -0.15) is 5.10 Å². The van der Waals surface area contributed by atoms with Crippen LogP contribution in [0.25, 0.3) is 0 Å². The fourth-order valence-corrected chi connectivity index (χ4v) is 2.90. The minimum atomic E-state index is -0.0290. The number of carbonyl (C=O) groups is 2. The van der Waals surface area contributed by atoms with E-state index < -0.39 is 0 Å². The summed E-state index contributed by atoms with van der Waals surface area (Å²) in [5, 5.41) is 7.05. The molecule has 1 aliphatic heterocycles. The molecule has 3 rings (SSSR count). The zero-order chi connectivity index (χ0) is 17.6. The van der Waals surface area contributed by atoms with Gasteiger partial charge in [0, 0.05) is 56.4 Å². The zero-order valence-corrected chi connectivity index (χ0v) is 14.4. The van der Waals surface area contributed by atoms with Gasteiger partial charge in [0.15, 0.2) is 5.78 Å². The summed E-state index contributed by atoms with van der Waals surface area (Å²) in [7, 11) is 0. The topological polar surface area (TPSA) is 70.5 Å². The summed E-state index contributed by atoms with van der Waals surface area (Å²) in [6, 6.07) is 9.48. The van der Waals surface area contributed by atoms with Crippen molar-refractivity contribution in [2.75, 3.05) is 37.6 Å². The summed E-state index contributed by atoms with van der Waals surface area (Å²) in [5.41, 5.74) is 1.81. The molecule has 0 spiro atoms. The van der Waals surface area contributed by atoms with Gasteiger partial charge in [-0.15, -0.1) is 0 Å². The number of piperazine rings is 1. The van der Waals surface area contributed by atoms with E-state index in [4.69, 9.17) is 0 Å². The van der Waals surface area contributed by atoms with Crippen LogP contribution in [0, 0.1) is 0 Å². The van der Waals surface area contributed by atoms with Crippen molar-refractivity contribution in [3.63, 3.8) is 0 Å². The van der Waals surface area contributed by atoms with E-state index >= 15 is 0 Å². The molecular weight excluding hydrogens is 318 g/mol. The molecule has 0 unspecified atom stereocenters. The molecule has 2 amide bonds. The molecule has 2 heterocycles. The van der Waals surface area contributed by atoms with E-state index in [0.717, 1.165) is 24.3 Å². The van der Waals surface area contributed by atoms with Crippen molar-refractivity contribution in [3.8, 4) is 0 Å². The Kier molecular flexibility index (Phi) is 5.33. The summed E-state index contributed by atoms with van der Waals surface area (Å²) in [5.74, 6) is 0.0724. The van der Waals surface area contributed by atoms with Gasteiger partial charge in [-0.25, -0.2) is 4.79 Å². The van der Waals surface area contributed by atoms with Crippen LogP contribution in [0.5, 0.6) is 0 Å². The molecule has 0 atom stereocenters. The summed E-state index contributed by atoms with van der Waals surface area (Å²) < 4.78 is 1.79. The maximum absolute atomic E-state index is 12.2. The summed E-state index contributed by atoms with van der Waals surface area (Å²) >= 11 is 0. The number of hydrogen-bond donors (Lipinski definition) is 1. The third-order valence-corrected chi connectivity index (χ3v) is 4.38. The molecule has 2 aromatic rings. The van der Waals surface area contributed by atoms with Crippen molar-refractivity contribution >= 4 is 17.5 Å². The van der Waals surface area contributed by atoms with E-state index in [1.54, 1.807) is 17.8 Å². The Morgan fingerprint density at radius 1 is 1.12 bits per heavy atom. The Hall–Kier alpha value is -2.83. The number of hydrogen-bond acceptors (Lipinski definition) is 4. The Labute approximate surface area is 147 Å². The Morgan fingerprint density at radius 2 is 1.84 bits per heavy atom. The fourth-order valence-electron chi connectivity index (χ4n) is 2.90. The Bertz CT molecular complexity index is 704. The highest BCUT2D eigenvalue weighted by Crippen LogP contribution is 2.17. The highest BCUT2D eigenvalue weighted by atomic mass is 16.2. The van der Waals surface area contributed by atoms with Crippen LogP contribution in [-0.4, -0.2) is 59.2 Å². The molecule has 1 aliphatic rings. The molecule has 132 valence electrons. The molecule has 1 fully saturated rings. The smallest absolute Gasteiger partial charge is 0.317 e. The first-order valence-electron chi connectivity index (χ1n) is 8.49. The van der Waals surface area contributed by atoms with Gasteiger partial charge in [0.05, 0.1) is 6.54 Å². The van der Waals surface area contributed by atoms with Crippen molar-refractivity contribution in [2.24, 2.45) is 0 Å². The number of carbonyl (C=O) groups excluding carboxylic acids is 2. The van der Waals surface area contributed by atoms with Crippen molar-refractivity contribution in [1.29, 1.82) is 0 Å². The summed E-state index contributed by atoms with van der Waals surface area (Å²) in [6.07, 6.45) is 3.60. The highest BCUT2D eigenvalue weighted by Gasteiger charge is 2.21. The van der Waals surface area contributed by atoms with Gasteiger partial charge in [0.1, 0.15) is 0 Å². The van der Waals surface area contributed by atoms with Gasteiger partial charge >= 0.3 is 6.03 Å². The predicted octanol–water partition coefficient (Wildman–Crippen LogP) is 1.62. The molecule has 0 radical (unpaired) electrons. The monoisotopic (exact) mass is 341 g/mol. The Balaban J connectivity index is 1.44. The van der Waals surface area contributed by atoms with E-state index in [1.807, 2.05) is 41.4 Å². The highest BCUT2D eigenvalue weighted by molar-refractivity contribution is 5.94. The largest absolute Gasteiger partial charge is 0.368 e. The number of rotatable bonds is 5. The molecule has 25 heavy (non-hydrogen) atoms. The average Bonchev–Trinajstić information content (AvgIpc) is 3.15. The SMILES string of the molecule is CC(=O)c1ccc(N2CCN(C(=O)NCCn3cccn3)CC2)cc1. The van der Waals surface area contributed by atoms with Crippen LogP contribution in [-0.2, 0) is 6.54 Å². The number of Topliss-reactive ketones (excluding diaryl/α,β-unsaturated/α-hetero) is 1. The molecule has 7 heteroatoms. The minimum absolute atomic E-state index is 0.0290. The first-order chi connectivity index (χ1) is 12.1. The molecule has 7 nitrogen and oxygen atoms in total. The quantitative estimate of drug-likeness (QED) is 0.839. The third-order valence-electron chi connectivity index (χ3n) is 4.38. The van der Waals surface area contributed by atoms with Gasteiger partial charge in [-0.3, -0.25) is 9.48 Å². The maximum atomic E-state index is 12.2. The predicted molar refractivity (Wildman–Crippen MR) is 95.9 cm³/mol. The van der Waals surface area contributed by atoms with Crippen LogP contribution in [0.3, 0.4) is 0 Å². The number of anilines is 1. The molecule has 0 bridgehead atoms. The van der Waals surface area contributed by atoms with Crippen molar-refractivity contribution in [3.05, 3.63) is 48.3 Å². The van der Waals surface area contributed by atoms with E-state index in [-0.39, 0.29) is 11.8 Å². The molecule has 0 saturated carbocycles. The van der Waals surface area contributed by atoms with E-state index in [0.29, 0.717) is 26.2 Å². The summed E-state index contributed by atoms with van der Waals surface area (Å²) in [6.45, 7) is 5.73. The lowest BCUT2D eigenvalue weighted by Gasteiger charge is -2.36. The first-order valence-corrected chi connectivity index (χ1v) is 8.49. The maximum Gasteiger partial charge on any atom is 0.317 e. The van der Waals surface area contributed by atoms with Crippen molar-refractivity contribution in [2.45, 2.75) is 13.5 Å². The van der Waals surface area contributed by atoms with Crippen LogP contribution in [0.4, 0.5) is 10.5 Å². The average molecular weight is 341 g/mol. The number of benzene rings is 1. The second-order valence-corrected chi connectivity index (χ2v) is 6.08.